The molecule has 0 atom stereocenters. The van der Waals surface area contributed by atoms with E-state index in [0.717, 1.165) is 0 Å². The monoisotopic (exact) mass is 294 g/mol. The van der Waals surface area contributed by atoms with Gasteiger partial charge in [-0.15, -0.1) is 0 Å². The van der Waals surface area contributed by atoms with Gasteiger partial charge in [0.05, 0.1) is 0 Å². The molecule has 0 saturated carbocycles. The third-order valence-corrected chi connectivity index (χ3v) is 1.14. The van der Waals surface area contributed by atoms with Gasteiger partial charge in [-0.05, 0) is 12.1 Å². The van der Waals surface area contributed by atoms with Gasteiger partial charge >= 0.3 is 0 Å². The second kappa shape index (κ2) is 5.41. The van der Waals surface area contributed by atoms with Crippen LogP contribution in [0.5, 0.6) is 0 Å². The van der Waals surface area contributed by atoms with Gasteiger partial charge in [-0.2, -0.15) is 0 Å². The van der Waals surface area contributed by atoms with Crippen LogP contribution in [-0.4, -0.2) is 10.2 Å². The van der Waals surface area contributed by atoms with Crippen molar-refractivity contribution in [3.8, 4) is 0 Å². The van der Waals surface area contributed by atoms with Crippen LogP contribution in [0.15, 0.2) is 30.3 Å². The summed E-state index contributed by atoms with van der Waals surface area (Å²) in [6.45, 7) is 0. The molecule has 0 aromatic heterocycles. The van der Waals surface area contributed by atoms with Crippen molar-refractivity contribution in [2.75, 3.05) is 5.17 Å². The number of anilines is 1. The molecule has 62 valence electrons. The van der Waals surface area contributed by atoms with Gasteiger partial charge in [0.2, 0.25) is 0 Å². The molecule has 1 N–H and O–H groups in total. The number of hydrazine groups is 1. The Hall–Kier alpha value is -0.243. The van der Waals surface area contributed by atoms with Crippen LogP contribution in [0.3, 0.4) is 0 Å². The zero-order valence-corrected chi connectivity index (χ0v) is 9.18. The SMILES string of the molecule is O=[N+]([O-])N(O)c1ccccc1.[Ce]. The number of para-hydroxylation sites is 1. The molecule has 0 fully saturated rings. The molecule has 1 aromatic carbocycles. The molecule has 1 aromatic rings. The number of nitrogens with zero attached hydrogens (tertiary/aromatic N) is 2. The second-order valence-electron chi connectivity index (χ2n) is 1.86. The molecule has 5 nitrogen and oxygen atoms in total. The van der Waals surface area contributed by atoms with E-state index in [9.17, 15) is 10.1 Å². The number of benzene rings is 1. The van der Waals surface area contributed by atoms with Gasteiger partial charge in [-0.25, -0.2) is 15.3 Å². The normalized spacial score (nSPS) is 8.42. The smallest absolute Gasteiger partial charge is 0.192 e. The van der Waals surface area contributed by atoms with Crippen LogP contribution in [0.2, 0.25) is 0 Å². The van der Waals surface area contributed by atoms with Crippen LogP contribution in [0.25, 0.3) is 0 Å². The largest absolute Gasteiger partial charge is 0.232 e. The number of hydrogen-bond acceptors (Lipinski definition) is 3. The first kappa shape index (κ1) is 11.8. The third-order valence-electron chi connectivity index (χ3n) is 1.14. The van der Waals surface area contributed by atoms with E-state index in [2.05, 4.69) is 0 Å². The van der Waals surface area contributed by atoms with Crippen molar-refractivity contribution in [2.24, 2.45) is 0 Å². The van der Waals surface area contributed by atoms with Crippen LogP contribution in [-0.2, 0) is 0 Å². The topological polar surface area (TPSA) is 66.6 Å². The van der Waals surface area contributed by atoms with E-state index in [1.54, 1.807) is 18.2 Å². The molecule has 0 aliphatic carbocycles. The summed E-state index contributed by atoms with van der Waals surface area (Å²) in [5, 5.41) is 17.8. The van der Waals surface area contributed by atoms with Crippen LogP contribution in [0.1, 0.15) is 0 Å². The van der Waals surface area contributed by atoms with E-state index < -0.39 is 5.03 Å². The van der Waals surface area contributed by atoms with Gasteiger partial charge in [0.1, 0.15) is 5.69 Å². The molecule has 0 amide bonds. The van der Waals surface area contributed by atoms with Crippen molar-refractivity contribution in [1.82, 2.24) is 0 Å². The van der Waals surface area contributed by atoms with Gasteiger partial charge in [0.15, 0.2) is 5.03 Å². The summed E-state index contributed by atoms with van der Waals surface area (Å²) in [5.41, 5.74) is 0.137. The standard InChI is InChI=1S/C6H6N2O3.Ce/c9-7(8(10)11)6-4-2-1-3-5-6;/h1-5,9H;. The molecule has 0 radical (unpaired) electrons. The third kappa shape index (κ3) is 3.01. The Morgan fingerprint density at radius 2 is 1.83 bits per heavy atom. The van der Waals surface area contributed by atoms with Crippen molar-refractivity contribution in [3.63, 3.8) is 0 Å². The van der Waals surface area contributed by atoms with E-state index >= 15 is 0 Å². The quantitative estimate of drug-likeness (QED) is 0.654. The summed E-state index contributed by atoms with van der Waals surface area (Å²) in [4.78, 5) is 9.98. The number of hydrogen-bond donors (Lipinski definition) is 1. The predicted molar refractivity (Wildman–Crippen MR) is 37.7 cm³/mol. The van der Waals surface area contributed by atoms with Crippen molar-refractivity contribution < 1.29 is 52.0 Å². The molecule has 0 aliphatic heterocycles. The average molecular weight is 294 g/mol. The molecule has 0 unspecified atom stereocenters. The van der Waals surface area contributed by atoms with Crippen molar-refractivity contribution >= 4 is 5.69 Å². The molecule has 12 heavy (non-hydrogen) atoms. The molecule has 1 rings (SSSR count). The Morgan fingerprint density at radius 1 is 1.33 bits per heavy atom. The Balaban J connectivity index is 0.00000121. The Morgan fingerprint density at radius 3 is 2.25 bits per heavy atom. The average Bonchev–Trinajstić information content (AvgIpc) is 2.05. The maximum Gasteiger partial charge on any atom is 0.192 e. The first-order valence-corrected chi connectivity index (χ1v) is 2.90. The van der Waals surface area contributed by atoms with Crippen LogP contribution < -0.4 is 5.17 Å². The summed E-state index contributed by atoms with van der Waals surface area (Å²) in [6.07, 6.45) is 0. The Kier molecular flexibility index (Phi) is 5.30. The van der Waals surface area contributed by atoms with Crippen molar-refractivity contribution in [3.05, 3.63) is 40.4 Å². The first-order valence-electron chi connectivity index (χ1n) is 2.90. The zero-order chi connectivity index (χ0) is 8.27. The van der Waals surface area contributed by atoms with Crippen LogP contribution in [0.4, 0.5) is 5.69 Å². The summed E-state index contributed by atoms with van der Waals surface area (Å²) in [5.74, 6) is 0. The van der Waals surface area contributed by atoms with Gasteiger partial charge < -0.3 is 0 Å². The minimum atomic E-state index is -0.907. The van der Waals surface area contributed by atoms with Crippen LogP contribution in [0, 0.1) is 51.9 Å². The first-order chi connectivity index (χ1) is 5.22. The fourth-order valence-electron chi connectivity index (χ4n) is 0.656. The second-order valence-corrected chi connectivity index (χ2v) is 1.86. The van der Waals surface area contributed by atoms with Crippen molar-refractivity contribution in [2.45, 2.75) is 0 Å². The molecule has 6 heteroatoms. The Bertz CT molecular complexity index is 254. The number of rotatable bonds is 2. The summed E-state index contributed by atoms with van der Waals surface area (Å²) in [7, 11) is 0. The summed E-state index contributed by atoms with van der Waals surface area (Å²) < 4.78 is 0. The fraction of sp³-hybridized carbons (Fsp3) is 0. The molecule has 0 saturated heterocycles. The molecule has 0 aliphatic rings. The molecule has 0 heterocycles. The van der Waals surface area contributed by atoms with Gasteiger partial charge in [0, 0.05) is 46.9 Å². The minimum absolute atomic E-state index is 0. The fourth-order valence-corrected chi connectivity index (χ4v) is 0.656. The minimum Gasteiger partial charge on any atom is -0.232 e. The van der Waals surface area contributed by atoms with Crippen LogP contribution >= 0.6 is 0 Å². The van der Waals surface area contributed by atoms with E-state index in [4.69, 9.17) is 5.21 Å². The van der Waals surface area contributed by atoms with Gasteiger partial charge in [-0.3, -0.25) is 0 Å². The summed E-state index contributed by atoms with van der Waals surface area (Å²) in [6, 6.07) is 7.77. The van der Waals surface area contributed by atoms with E-state index in [0.29, 0.717) is 0 Å². The van der Waals surface area contributed by atoms with E-state index in [1.807, 2.05) is 0 Å². The maximum atomic E-state index is 9.98. The zero-order valence-electron chi connectivity index (χ0n) is 6.04. The van der Waals surface area contributed by atoms with Crippen molar-refractivity contribution in [1.29, 1.82) is 0 Å². The summed E-state index contributed by atoms with van der Waals surface area (Å²) >= 11 is 0. The molecule has 0 spiro atoms. The Labute approximate surface area is 102 Å². The predicted octanol–water partition coefficient (Wildman–Crippen LogP) is 1.07. The number of nitro groups is 1. The molecular formula is C6H6CeN2O3. The molecular weight excluding hydrogens is 288 g/mol. The van der Waals surface area contributed by atoms with Gasteiger partial charge in [0.25, 0.3) is 0 Å². The van der Waals surface area contributed by atoms with E-state index in [1.165, 1.54) is 12.1 Å². The van der Waals surface area contributed by atoms with Gasteiger partial charge in [-0.1, -0.05) is 18.2 Å². The van der Waals surface area contributed by atoms with E-state index in [-0.39, 0.29) is 52.6 Å². The maximum absolute atomic E-state index is 9.98. The molecule has 0 bridgehead atoms.